The van der Waals surface area contributed by atoms with Gasteiger partial charge in [-0.15, -0.1) is 23.2 Å². The van der Waals surface area contributed by atoms with Gasteiger partial charge in [-0.2, -0.15) is 5.01 Å². The summed E-state index contributed by atoms with van der Waals surface area (Å²) in [6, 6.07) is 9.73. The molecule has 0 spiro atoms. The van der Waals surface area contributed by atoms with E-state index >= 15 is 0 Å². The number of hydrazine groups is 1. The second kappa shape index (κ2) is 9.82. The lowest BCUT2D eigenvalue weighted by molar-refractivity contribution is -0.154. The van der Waals surface area contributed by atoms with E-state index < -0.39 is 56.0 Å². The van der Waals surface area contributed by atoms with Crippen LogP contribution < -0.4 is 0 Å². The second-order valence-electron chi connectivity index (χ2n) is 8.99. The number of Topliss-reactive ketones (excluding diaryl/α,β-unsaturated/α-hetero) is 1. The highest BCUT2D eigenvalue weighted by molar-refractivity contribution is 6.66. The van der Waals surface area contributed by atoms with E-state index in [4.69, 9.17) is 104 Å². The number of halogens is 9. The van der Waals surface area contributed by atoms with Crippen LogP contribution in [0.25, 0.3) is 0 Å². The molecule has 5 rings (SSSR count). The number of carbonyl (C=O) groups excluding carboxylic acids is 4. The number of ketones is 1. The van der Waals surface area contributed by atoms with Gasteiger partial charge in [-0.1, -0.05) is 81.2 Å². The standard InChI is InChI=1S/C24H11Cl9N2O4/c25-10-3-1-9(2-4-10)14(36)8-34(19(37)12-6-5-11(26)7-13(12)27)35-20(38)15-16(21(35)39)23(31)18(29)17(28)22(15,30)24(23,32)33/h1-7,15-16H,8H2/t15-,16+,22-,23-/m1/s1. The number of nitrogens with zero attached hydrogens (tertiary/aromatic N) is 2. The molecule has 0 aromatic heterocycles. The zero-order chi connectivity index (χ0) is 28.8. The number of rotatable bonds is 5. The van der Waals surface area contributed by atoms with E-state index in [1.54, 1.807) is 0 Å². The predicted molar refractivity (Wildman–Crippen MR) is 152 cm³/mol. The molecule has 0 N–H and O–H groups in total. The average molecular weight is 710 g/mol. The number of hydrogen-bond acceptors (Lipinski definition) is 4. The molecule has 2 aromatic carbocycles. The Morgan fingerprint density at radius 2 is 1.26 bits per heavy atom. The predicted octanol–water partition coefficient (Wildman–Crippen LogP) is 7.33. The van der Waals surface area contributed by atoms with Crippen LogP contribution >= 0.6 is 104 Å². The summed E-state index contributed by atoms with van der Waals surface area (Å²) in [4.78, 5) is 50.6. The van der Waals surface area contributed by atoms with E-state index in [0.29, 0.717) is 15.0 Å². The van der Waals surface area contributed by atoms with Crippen molar-refractivity contribution in [2.45, 2.75) is 14.1 Å². The molecule has 2 aromatic rings. The second-order valence-corrected chi connectivity index (χ2v) is 13.5. The number of alkyl halides is 4. The fourth-order valence-electron chi connectivity index (χ4n) is 5.12. The molecule has 2 aliphatic carbocycles. The lowest BCUT2D eigenvalue weighted by Crippen LogP contribution is -2.56. The Labute approximate surface area is 266 Å². The van der Waals surface area contributed by atoms with Crippen molar-refractivity contribution in [1.82, 2.24) is 10.0 Å². The van der Waals surface area contributed by atoms with E-state index in [9.17, 15) is 19.2 Å². The van der Waals surface area contributed by atoms with Crippen LogP contribution in [-0.4, -0.2) is 54.1 Å². The van der Waals surface area contributed by atoms with Crippen LogP contribution in [0, 0.1) is 11.8 Å². The summed E-state index contributed by atoms with van der Waals surface area (Å²) < 4.78 is -2.17. The van der Waals surface area contributed by atoms with Gasteiger partial charge in [0.05, 0.1) is 32.5 Å². The largest absolute Gasteiger partial charge is 0.292 e. The first-order valence-electron chi connectivity index (χ1n) is 10.9. The zero-order valence-corrected chi connectivity index (χ0v) is 25.6. The Bertz CT molecular complexity index is 1470. The highest BCUT2D eigenvalue weighted by Crippen LogP contribution is 2.77. The highest BCUT2D eigenvalue weighted by Gasteiger charge is 2.88. The molecule has 15 heteroatoms. The molecular formula is C24H11Cl9N2O4. The molecule has 6 nitrogen and oxygen atoms in total. The third-order valence-electron chi connectivity index (χ3n) is 6.98. The number of allylic oxidation sites excluding steroid dienone is 2. The van der Waals surface area contributed by atoms with Gasteiger partial charge >= 0.3 is 0 Å². The molecule has 4 atom stereocenters. The van der Waals surface area contributed by atoms with Crippen molar-refractivity contribution >= 4 is 128 Å². The van der Waals surface area contributed by atoms with Crippen molar-refractivity contribution in [2.75, 3.05) is 6.54 Å². The molecule has 1 saturated carbocycles. The van der Waals surface area contributed by atoms with Crippen LogP contribution in [0.3, 0.4) is 0 Å². The quantitative estimate of drug-likeness (QED) is 0.185. The number of fused-ring (bicyclic) bond motifs is 5. The molecule has 3 aliphatic rings. The van der Waals surface area contributed by atoms with Crippen molar-refractivity contribution < 1.29 is 19.2 Å². The van der Waals surface area contributed by atoms with Gasteiger partial charge in [-0.05, 0) is 42.5 Å². The number of carbonyl (C=O) groups is 4. The van der Waals surface area contributed by atoms with Crippen LogP contribution in [0.4, 0.5) is 0 Å². The van der Waals surface area contributed by atoms with E-state index in [2.05, 4.69) is 0 Å². The van der Waals surface area contributed by atoms with Gasteiger partial charge in [0, 0.05) is 15.6 Å². The Morgan fingerprint density at radius 3 is 1.74 bits per heavy atom. The van der Waals surface area contributed by atoms with Crippen LogP contribution in [0.5, 0.6) is 0 Å². The molecule has 1 heterocycles. The topological polar surface area (TPSA) is 74.8 Å². The van der Waals surface area contributed by atoms with Gasteiger partial charge in [0.25, 0.3) is 17.7 Å². The van der Waals surface area contributed by atoms with Gasteiger partial charge < -0.3 is 0 Å². The van der Waals surface area contributed by atoms with Crippen LogP contribution in [0.1, 0.15) is 20.7 Å². The summed E-state index contributed by atoms with van der Waals surface area (Å²) in [5, 5.41) is 1.05. The van der Waals surface area contributed by atoms with Crippen molar-refractivity contribution in [3.05, 3.63) is 78.7 Å². The lowest BCUT2D eigenvalue weighted by atomic mass is 9.84. The Kier molecular flexibility index (Phi) is 7.45. The fourth-order valence-corrected chi connectivity index (χ4v) is 8.66. The van der Waals surface area contributed by atoms with Gasteiger partial charge in [0.15, 0.2) is 10.1 Å². The molecule has 204 valence electrons. The number of benzene rings is 2. The van der Waals surface area contributed by atoms with Crippen LogP contribution in [-0.2, 0) is 9.59 Å². The minimum atomic E-state index is -2.17. The average Bonchev–Trinajstić information content (AvgIpc) is 3.26. The SMILES string of the molecule is O=C(CN(C(=O)c1ccc(Cl)cc1Cl)N1C(=O)[C@@H]2[C@H](C1=O)[C@@]1(Cl)C(Cl)=C(Cl)[C@@]2(Cl)C1(Cl)Cl)c1ccc(Cl)cc1. The Morgan fingerprint density at radius 1 is 0.769 bits per heavy atom. The first kappa shape index (κ1) is 29.6. The maximum absolute atomic E-state index is 13.9. The van der Waals surface area contributed by atoms with Crippen molar-refractivity contribution in [2.24, 2.45) is 11.8 Å². The Hall–Kier alpha value is -0.930. The highest BCUT2D eigenvalue weighted by atomic mass is 35.5. The summed E-state index contributed by atoms with van der Waals surface area (Å²) in [5.74, 6) is -6.67. The van der Waals surface area contributed by atoms with Crippen molar-refractivity contribution in [3.8, 4) is 0 Å². The lowest BCUT2D eigenvalue weighted by Gasteiger charge is -2.36. The molecule has 39 heavy (non-hydrogen) atoms. The summed E-state index contributed by atoms with van der Waals surface area (Å²) in [6.07, 6.45) is 0. The minimum Gasteiger partial charge on any atom is -0.292 e. The zero-order valence-electron chi connectivity index (χ0n) is 18.8. The molecule has 2 bridgehead atoms. The van der Waals surface area contributed by atoms with Crippen LogP contribution in [0.2, 0.25) is 15.1 Å². The molecule has 0 unspecified atom stereocenters. The minimum absolute atomic E-state index is 0.0910. The number of imide groups is 1. The molecule has 0 radical (unpaired) electrons. The monoisotopic (exact) mass is 706 g/mol. The molecule has 1 aliphatic heterocycles. The van der Waals surface area contributed by atoms with Gasteiger partial charge in [0.1, 0.15) is 16.3 Å². The number of hydrogen-bond donors (Lipinski definition) is 0. The summed E-state index contributed by atoms with van der Waals surface area (Å²) in [5.41, 5.74) is -0.000297. The van der Waals surface area contributed by atoms with E-state index in [-0.39, 0.29) is 31.2 Å². The van der Waals surface area contributed by atoms with Gasteiger partial charge in [-0.25, -0.2) is 5.01 Å². The van der Waals surface area contributed by atoms with Crippen molar-refractivity contribution in [3.63, 3.8) is 0 Å². The van der Waals surface area contributed by atoms with E-state index in [1.165, 1.54) is 42.5 Å². The molecule has 2 fully saturated rings. The maximum atomic E-state index is 13.9. The smallest absolute Gasteiger partial charge is 0.274 e. The first-order valence-corrected chi connectivity index (χ1v) is 14.3. The Balaban J connectivity index is 1.61. The third-order valence-corrected chi connectivity index (χ3v) is 12.0. The molecule has 1 saturated heterocycles. The fraction of sp³-hybridized carbons (Fsp3) is 0.250. The van der Waals surface area contributed by atoms with Crippen molar-refractivity contribution in [1.29, 1.82) is 0 Å². The summed E-state index contributed by atoms with van der Waals surface area (Å²) >= 11 is 57.4. The third kappa shape index (κ3) is 3.90. The van der Waals surface area contributed by atoms with Gasteiger partial charge in [-0.3, -0.25) is 19.2 Å². The van der Waals surface area contributed by atoms with E-state index in [0.717, 1.165) is 0 Å². The van der Waals surface area contributed by atoms with E-state index in [1.807, 2.05) is 0 Å². The first-order chi connectivity index (χ1) is 18.1. The number of amides is 3. The molecule has 3 amide bonds. The summed E-state index contributed by atoms with van der Waals surface area (Å²) in [6.45, 7) is -0.761. The molecular weight excluding hydrogens is 699 g/mol. The summed E-state index contributed by atoms with van der Waals surface area (Å²) in [7, 11) is 0. The maximum Gasteiger partial charge on any atom is 0.274 e. The van der Waals surface area contributed by atoms with Crippen LogP contribution in [0.15, 0.2) is 52.5 Å². The normalized spacial score (nSPS) is 28.8. The van der Waals surface area contributed by atoms with Gasteiger partial charge in [0.2, 0.25) is 0 Å².